The monoisotopic (exact) mass is 289 g/mol. The Hall–Kier alpha value is -1.26. The third-order valence-electron chi connectivity index (χ3n) is 5.02. The Labute approximate surface area is 127 Å². The van der Waals surface area contributed by atoms with Gasteiger partial charge in [-0.05, 0) is 39.3 Å². The van der Waals surface area contributed by atoms with Crippen LogP contribution in [0.3, 0.4) is 0 Å². The number of hydrogen-bond donors (Lipinski definition) is 2. The molecule has 3 unspecified atom stereocenters. The highest BCUT2D eigenvalue weighted by atomic mass is 16.3. The van der Waals surface area contributed by atoms with E-state index < -0.39 is 0 Å². The van der Waals surface area contributed by atoms with E-state index in [1.165, 1.54) is 25.8 Å². The molecule has 4 heteroatoms. The molecule has 3 rings (SSSR count). The van der Waals surface area contributed by atoms with E-state index in [1.54, 1.807) is 0 Å². The highest BCUT2D eigenvalue weighted by molar-refractivity contribution is 5.55. The van der Waals surface area contributed by atoms with Crippen LogP contribution in [0.2, 0.25) is 0 Å². The Bertz CT molecular complexity index is 503. The smallest absolute Gasteiger partial charge is 0.122 e. The first-order valence-electron chi connectivity index (χ1n) is 8.15. The highest BCUT2D eigenvalue weighted by Crippen LogP contribution is 2.32. The summed E-state index contributed by atoms with van der Waals surface area (Å²) < 4.78 is 0. The number of fused-ring (bicyclic) bond motifs is 1. The van der Waals surface area contributed by atoms with Crippen LogP contribution >= 0.6 is 0 Å². The van der Waals surface area contributed by atoms with E-state index in [1.807, 2.05) is 19.1 Å². The molecule has 3 N–H and O–H groups in total. The molecule has 0 saturated carbocycles. The number of phenolic OH excluding ortho intramolecular Hbond substituents is 1. The molecule has 2 aliphatic rings. The Morgan fingerprint density at radius 3 is 2.81 bits per heavy atom. The summed E-state index contributed by atoms with van der Waals surface area (Å²) in [6, 6.07) is 6.98. The van der Waals surface area contributed by atoms with Gasteiger partial charge < -0.3 is 15.7 Å². The van der Waals surface area contributed by atoms with Gasteiger partial charge in [-0.2, -0.15) is 0 Å². The van der Waals surface area contributed by atoms with Crippen molar-refractivity contribution in [2.24, 2.45) is 5.73 Å². The lowest BCUT2D eigenvalue weighted by Crippen LogP contribution is -2.58. The molecule has 3 atom stereocenters. The van der Waals surface area contributed by atoms with E-state index in [0.29, 0.717) is 17.8 Å². The molecule has 0 aliphatic carbocycles. The lowest BCUT2D eigenvalue weighted by Gasteiger charge is -2.48. The quantitative estimate of drug-likeness (QED) is 0.878. The largest absolute Gasteiger partial charge is 0.508 e. The molecule has 2 aliphatic heterocycles. The summed E-state index contributed by atoms with van der Waals surface area (Å²) >= 11 is 0. The van der Waals surface area contributed by atoms with E-state index in [-0.39, 0.29) is 6.04 Å². The standard InChI is InChI=1S/C17H27N3O/c1-12-10-19-8-4-3-5-15(19)11-20(12)14-6-7-16(13(2)18)17(21)9-14/h6-7,9,12-13,15,21H,3-5,8,10-11,18H2,1-2H3. The number of anilines is 1. The fourth-order valence-electron chi connectivity index (χ4n) is 3.81. The van der Waals surface area contributed by atoms with Crippen LogP contribution in [0.5, 0.6) is 5.75 Å². The minimum Gasteiger partial charge on any atom is -0.508 e. The summed E-state index contributed by atoms with van der Waals surface area (Å²) in [5, 5.41) is 10.2. The maximum Gasteiger partial charge on any atom is 0.122 e. The molecule has 0 aromatic heterocycles. The number of hydrogen-bond acceptors (Lipinski definition) is 4. The average Bonchev–Trinajstić information content (AvgIpc) is 2.46. The normalized spacial score (nSPS) is 28.2. The predicted molar refractivity (Wildman–Crippen MR) is 86.7 cm³/mol. The van der Waals surface area contributed by atoms with Gasteiger partial charge in [-0.3, -0.25) is 4.90 Å². The first-order valence-corrected chi connectivity index (χ1v) is 8.15. The number of nitrogens with two attached hydrogens (primary N) is 1. The molecule has 0 spiro atoms. The SMILES string of the molecule is CC(N)c1ccc(N2CC3CCCCN3CC2C)cc1O. The van der Waals surface area contributed by atoms with Crippen molar-refractivity contribution in [3.63, 3.8) is 0 Å². The molecule has 2 saturated heterocycles. The molecule has 1 aromatic carbocycles. The van der Waals surface area contributed by atoms with E-state index >= 15 is 0 Å². The lowest BCUT2D eigenvalue weighted by molar-refractivity contribution is 0.115. The summed E-state index contributed by atoms with van der Waals surface area (Å²) in [5.74, 6) is 0.320. The van der Waals surface area contributed by atoms with E-state index in [2.05, 4.69) is 22.8 Å². The van der Waals surface area contributed by atoms with Crippen LogP contribution in [0.4, 0.5) is 5.69 Å². The van der Waals surface area contributed by atoms with Crippen LogP contribution in [0.15, 0.2) is 18.2 Å². The molecule has 0 amide bonds. The van der Waals surface area contributed by atoms with E-state index in [4.69, 9.17) is 5.73 Å². The molecule has 1 aromatic rings. The van der Waals surface area contributed by atoms with Crippen LogP contribution in [0.25, 0.3) is 0 Å². The molecular formula is C17H27N3O. The minimum absolute atomic E-state index is 0.133. The van der Waals surface area contributed by atoms with Crippen LogP contribution < -0.4 is 10.6 Å². The number of piperazine rings is 1. The summed E-state index contributed by atoms with van der Waals surface area (Å²) in [4.78, 5) is 5.08. The Balaban J connectivity index is 1.81. The molecule has 2 fully saturated rings. The molecule has 116 valence electrons. The number of phenols is 1. The lowest BCUT2D eigenvalue weighted by atomic mass is 9.96. The van der Waals surface area contributed by atoms with Gasteiger partial charge >= 0.3 is 0 Å². The van der Waals surface area contributed by atoms with Gasteiger partial charge in [0.15, 0.2) is 0 Å². The summed E-state index contributed by atoms with van der Waals surface area (Å²) in [7, 11) is 0. The molecule has 2 heterocycles. The zero-order valence-corrected chi connectivity index (χ0v) is 13.1. The Morgan fingerprint density at radius 1 is 1.29 bits per heavy atom. The Kier molecular flexibility index (Phi) is 4.09. The van der Waals surface area contributed by atoms with Crippen LogP contribution in [-0.2, 0) is 0 Å². The summed E-state index contributed by atoms with van der Waals surface area (Å²) in [5.41, 5.74) is 7.82. The van der Waals surface area contributed by atoms with Gasteiger partial charge in [0.05, 0.1) is 0 Å². The molecule has 4 nitrogen and oxygen atoms in total. The highest BCUT2D eigenvalue weighted by Gasteiger charge is 2.33. The van der Waals surface area contributed by atoms with Crippen molar-refractivity contribution in [1.29, 1.82) is 0 Å². The minimum atomic E-state index is -0.133. The fourth-order valence-corrected chi connectivity index (χ4v) is 3.81. The molecular weight excluding hydrogens is 262 g/mol. The van der Waals surface area contributed by atoms with Crippen LogP contribution in [-0.4, -0.2) is 41.7 Å². The number of piperidine rings is 1. The first kappa shape index (κ1) is 14.7. The number of nitrogens with zero attached hydrogens (tertiary/aromatic N) is 2. The van der Waals surface area contributed by atoms with Crippen molar-refractivity contribution in [1.82, 2.24) is 4.90 Å². The Morgan fingerprint density at radius 2 is 2.10 bits per heavy atom. The zero-order valence-electron chi connectivity index (χ0n) is 13.1. The maximum atomic E-state index is 10.2. The van der Waals surface area contributed by atoms with Gasteiger partial charge in [0.1, 0.15) is 5.75 Å². The second-order valence-electron chi connectivity index (χ2n) is 6.68. The zero-order chi connectivity index (χ0) is 15.0. The topological polar surface area (TPSA) is 52.7 Å². The van der Waals surface area contributed by atoms with Crippen molar-refractivity contribution in [2.75, 3.05) is 24.5 Å². The predicted octanol–water partition coefficient (Wildman–Crippen LogP) is 2.47. The summed E-state index contributed by atoms with van der Waals surface area (Å²) in [6.07, 6.45) is 3.98. The fraction of sp³-hybridized carbons (Fsp3) is 0.647. The average molecular weight is 289 g/mol. The van der Waals surface area contributed by atoms with Gasteiger partial charge in [0.25, 0.3) is 0 Å². The third-order valence-corrected chi connectivity index (χ3v) is 5.02. The summed E-state index contributed by atoms with van der Waals surface area (Å²) in [6.45, 7) is 7.62. The second kappa shape index (κ2) is 5.85. The van der Waals surface area contributed by atoms with Gasteiger partial charge in [-0.25, -0.2) is 0 Å². The molecule has 0 bridgehead atoms. The van der Waals surface area contributed by atoms with Crippen molar-refractivity contribution in [3.05, 3.63) is 23.8 Å². The number of aromatic hydroxyl groups is 1. The molecule has 21 heavy (non-hydrogen) atoms. The van der Waals surface area contributed by atoms with Crippen molar-refractivity contribution >= 4 is 5.69 Å². The second-order valence-corrected chi connectivity index (χ2v) is 6.68. The van der Waals surface area contributed by atoms with Crippen molar-refractivity contribution in [3.8, 4) is 5.75 Å². The van der Waals surface area contributed by atoms with Crippen LogP contribution in [0, 0.1) is 0 Å². The van der Waals surface area contributed by atoms with E-state index in [9.17, 15) is 5.11 Å². The van der Waals surface area contributed by atoms with Crippen molar-refractivity contribution < 1.29 is 5.11 Å². The number of rotatable bonds is 2. The van der Waals surface area contributed by atoms with Crippen molar-refractivity contribution in [2.45, 2.75) is 51.2 Å². The number of benzene rings is 1. The maximum absolute atomic E-state index is 10.2. The van der Waals surface area contributed by atoms with Gasteiger partial charge in [-0.1, -0.05) is 12.5 Å². The van der Waals surface area contributed by atoms with Gasteiger partial charge in [0, 0.05) is 48.5 Å². The van der Waals surface area contributed by atoms with E-state index in [0.717, 1.165) is 24.3 Å². The first-order chi connectivity index (χ1) is 10.1. The molecule has 0 radical (unpaired) electrons. The van der Waals surface area contributed by atoms with Crippen LogP contribution in [0.1, 0.15) is 44.7 Å². The van der Waals surface area contributed by atoms with Gasteiger partial charge in [0.2, 0.25) is 0 Å². The third kappa shape index (κ3) is 2.87. The van der Waals surface area contributed by atoms with Gasteiger partial charge in [-0.15, -0.1) is 0 Å².